The summed E-state index contributed by atoms with van der Waals surface area (Å²) in [6.45, 7) is 3.64. The number of hydrogen-bond acceptors (Lipinski definition) is 7. The van der Waals surface area contributed by atoms with Gasteiger partial charge in [-0.25, -0.2) is 4.79 Å². The van der Waals surface area contributed by atoms with Gasteiger partial charge in [0, 0.05) is 22.9 Å². The summed E-state index contributed by atoms with van der Waals surface area (Å²) in [6, 6.07) is 6.54. The molecule has 2 N–H and O–H groups in total. The Morgan fingerprint density at radius 2 is 1.91 bits per heavy atom. The number of nitrogens with one attached hydrogen (secondary N) is 1. The first-order valence-electron chi connectivity index (χ1n) is 11.1. The average Bonchev–Trinajstić information content (AvgIpc) is 3.25. The first kappa shape index (κ1) is 22.1. The van der Waals surface area contributed by atoms with Gasteiger partial charge in [-0.3, -0.25) is 9.59 Å². The quantitative estimate of drug-likeness (QED) is 0.547. The molecule has 3 atom stereocenters. The van der Waals surface area contributed by atoms with Crippen LogP contribution < -0.4 is 5.32 Å². The molecule has 0 unspecified atom stereocenters. The molecule has 7 nitrogen and oxygen atoms in total. The Labute approximate surface area is 187 Å². The molecule has 1 heterocycles. The summed E-state index contributed by atoms with van der Waals surface area (Å²) in [4.78, 5) is 39.4. The number of Topliss-reactive ketones (excluding diaryl/α,β-unsaturated/α-hetero) is 1. The number of carbonyl (C=O) groups is 3. The molecule has 0 amide bonds. The molecular formula is C25H29NO6. The van der Waals surface area contributed by atoms with Crippen molar-refractivity contribution in [3.8, 4) is 5.75 Å². The molecule has 4 rings (SSSR count). The minimum atomic E-state index is -0.939. The van der Waals surface area contributed by atoms with Crippen molar-refractivity contribution in [2.75, 3.05) is 7.11 Å². The topological polar surface area (TPSA) is 102 Å². The van der Waals surface area contributed by atoms with Crippen molar-refractivity contribution in [1.29, 1.82) is 0 Å². The smallest absolute Gasteiger partial charge is 0.337 e. The fourth-order valence-electron chi connectivity index (χ4n) is 5.21. The predicted molar refractivity (Wildman–Crippen MR) is 116 cm³/mol. The van der Waals surface area contributed by atoms with Crippen LogP contribution in [0.2, 0.25) is 0 Å². The van der Waals surface area contributed by atoms with Gasteiger partial charge in [-0.1, -0.05) is 19.1 Å². The highest BCUT2D eigenvalue weighted by Crippen LogP contribution is 2.46. The molecule has 0 aromatic heterocycles. The molecular weight excluding hydrogens is 410 g/mol. The van der Waals surface area contributed by atoms with Gasteiger partial charge < -0.3 is 19.9 Å². The van der Waals surface area contributed by atoms with Crippen LogP contribution in [0.25, 0.3) is 0 Å². The van der Waals surface area contributed by atoms with Crippen molar-refractivity contribution in [3.63, 3.8) is 0 Å². The van der Waals surface area contributed by atoms with Crippen molar-refractivity contribution in [3.05, 3.63) is 52.4 Å². The van der Waals surface area contributed by atoms with E-state index in [0.29, 0.717) is 34.5 Å². The lowest BCUT2D eigenvalue weighted by atomic mass is 9.69. The molecule has 3 aliphatic rings. The van der Waals surface area contributed by atoms with E-state index in [2.05, 4.69) is 5.32 Å². The second-order valence-electron chi connectivity index (χ2n) is 8.94. The highest BCUT2D eigenvalue weighted by atomic mass is 16.5. The minimum absolute atomic E-state index is 0.0329. The molecule has 0 bridgehead atoms. The van der Waals surface area contributed by atoms with Crippen LogP contribution in [0.3, 0.4) is 0 Å². The SMILES string of the molecule is COC(=O)[C@@H]1C(=O)C2=C(C[C@H]1C)NC(C)=C(C(=O)OC1CCCC1)[C@H]2c1cccc(O)c1. The number of phenols is 1. The number of allylic oxidation sites excluding steroid dienone is 3. The number of phenolic OH excluding ortho intramolecular Hbond substituents is 1. The first-order valence-corrected chi connectivity index (χ1v) is 11.1. The lowest BCUT2D eigenvalue weighted by Crippen LogP contribution is -2.43. The molecule has 0 spiro atoms. The van der Waals surface area contributed by atoms with Crippen LogP contribution >= 0.6 is 0 Å². The molecule has 1 saturated carbocycles. The van der Waals surface area contributed by atoms with Gasteiger partial charge in [-0.15, -0.1) is 0 Å². The number of aromatic hydroxyl groups is 1. The molecule has 0 saturated heterocycles. The van der Waals surface area contributed by atoms with E-state index in [-0.39, 0.29) is 23.6 Å². The van der Waals surface area contributed by atoms with Gasteiger partial charge in [0.25, 0.3) is 0 Å². The number of dihydropyridines is 1. The third-order valence-electron chi connectivity index (χ3n) is 6.74. The van der Waals surface area contributed by atoms with Gasteiger partial charge >= 0.3 is 11.9 Å². The average molecular weight is 440 g/mol. The second-order valence-corrected chi connectivity index (χ2v) is 8.94. The first-order chi connectivity index (χ1) is 15.3. The minimum Gasteiger partial charge on any atom is -0.508 e. The number of esters is 2. The molecule has 170 valence electrons. The summed E-state index contributed by atoms with van der Waals surface area (Å²) in [5.74, 6) is -3.29. The zero-order valence-corrected chi connectivity index (χ0v) is 18.6. The Bertz CT molecular complexity index is 1020. The van der Waals surface area contributed by atoms with E-state index in [1.54, 1.807) is 25.1 Å². The Balaban J connectivity index is 1.81. The van der Waals surface area contributed by atoms with E-state index >= 15 is 0 Å². The maximum Gasteiger partial charge on any atom is 0.337 e. The number of hydrogen-bond donors (Lipinski definition) is 2. The molecule has 2 aliphatic carbocycles. The van der Waals surface area contributed by atoms with E-state index in [4.69, 9.17) is 9.47 Å². The lowest BCUT2D eigenvalue weighted by Gasteiger charge is -2.38. The van der Waals surface area contributed by atoms with Crippen molar-refractivity contribution in [2.24, 2.45) is 11.8 Å². The second kappa shape index (κ2) is 8.81. The van der Waals surface area contributed by atoms with Crippen molar-refractivity contribution in [2.45, 2.75) is 58.0 Å². The summed E-state index contributed by atoms with van der Waals surface area (Å²) < 4.78 is 10.7. The number of ketones is 1. The van der Waals surface area contributed by atoms with Crippen LogP contribution in [0.5, 0.6) is 5.75 Å². The molecule has 7 heteroatoms. The molecule has 1 aromatic carbocycles. The van der Waals surface area contributed by atoms with Gasteiger partial charge in [0.05, 0.1) is 12.7 Å². The van der Waals surface area contributed by atoms with Crippen molar-refractivity contribution < 1.29 is 29.0 Å². The highest BCUT2D eigenvalue weighted by molar-refractivity contribution is 6.12. The zero-order chi connectivity index (χ0) is 23.0. The lowest BCUT2D eigenvalue weighted by molar-refractivity contribution is -0.151. The molecule has 32 heavy (non-hydrogen) atoms. The zero-order valence-electron chi connectivity index (χ0n) is 18.6. The van der Waals surface area contributed by atoms with Gasteiger partial charge in [0.15, 0.2) is 5.78 Å². The summed E-state index contributed by atoms with van der Waals surface area (Å²) in [7, 11) is 1.27. The van der Waals surface area contributed by atoms with Crippen molar-refractivity contribution in [1.82, 2.24) is 5.32 Å². The molecule has 0 radical (unpaired) electrons. The van der Waals surface area contributed by atoms with E-state index in [1.165, 1.54) is 13.2 Å². The van der Waals surface area contributed by atoms with Gasteiger partial charge in [-0.2, -0.15) is 0 Å². The van der Waals surface area contributed by atoms with Gasteiger partial charge in [-0.05, 0) is 62.6 Å². The van der Waals surface area contributed by atoms with Crippen LogP contribution in [0.15, 0.2) is 46.8 Å². The monoisotopic (exact) mass is 439 g/mol. The van der Waals surface area contributed by atoms with E-state index < -0.39 is 23.8 Å². The van der Waals surface area contributed by atoms with Gasteiger partial charge in [0.2, 0.25) is 0 Å². The Morgan fingerprint density at radius 3 is 2.56 bits per heavy atom. The molecule has 1 aliphatic heterocycles. The number of methoxy groups -OCH3 is 1. The molecule has 1 fully saturated rings. The van der Waals surface area contributed by atoms with Crippen LogP contribution in [-0.4, -0.2) is 36.0 Å². The maximum absolute atomic E-state index is 13.6. The van der Waals surface area contributed by atoms with Crippen LogP contribution in [0, 0.1) is 11.8 Å². The number of rotatable bonds is 4. The Morgan fingerprint density at radius 1 is 1.19 bits per heavy atom. The number of carbonyl (C=O) groups excluding carboxylic acids is 3. The molecule has 1 aromatic rings. The third kappa shape index (κ3) is 3.92. The van der Waals surface area contributed by atoms with E-state index in [0.717, 1.165) is 25.7 Å². The fraction of sp³-hybridized carbons (Fsp3) is 0.480. The van der Waals surface area contributed by atoms with Crippen molar-refractivity contribution >= 4 is 17.7 Å². The fourth-order valence-corrected chi connectivity index (χ4v) is 5.21. The summed E-state index contributed by atoms with van der Waals surface area (Å²) >= 11 is 0. The summed E-state index contributed by atoms with van der Waals surface area (Å²) in [5.41, 5.74) is 2.63. The van der Waals surface area contributed by atoms with E-state index in [1.807, 2.05) is 6.92 Å². The van der Waals surface area contributed by atoms with Crippen LogP contribution in [-0.2, 0) is 23.9 Å². The normalized spacial score (nSPS) is 26.0. The Kier molecular flexibility index (Phi) is 6.09. The summed E-state index contributed by atoms with van der Waals surface area (Å²) in [5, 5.41) is 13.4. The van der Waals surface area contributed by atoms with Gasteiger partial charge in [0.1, 0.15) is 17.8 Å². The van der Waals surface area contributed by atoms with Crippen LogP contribution in [0.1, 0.15) is 57.4 Å². The largest absolute Gasteiger partial charge is 0.508 e. The highest BCUT2D eigenvalue weighted by Gasteiger charge is 2.47. The summed E-state index contributed by atoms with van der Waals surface area (Å²) in [6.07, 6.45) is 4.05. The maximum atomic E-state index is 13.6. The Hall–Kier alpha value is -3.09. The van der Waals surface area contributed by atoms with Crippen LogP contribution in [0.4, 0.5) is 0 Å². The standard InChI is InChI=1S/C25H29NO6/c1-13-11-18-22(23(28)19(13)24(29)31-3)21(15-7-6-8-16(27)12-15)20(14(2)26-18)25(30)32-17-9-4-5-10-17/h6-8,12-13,17,19,21,26-27H,4-5,9-11H2,1-3H3/t13-,19+,21-/m1/s1. The van der Waals surface area contributed by atoms with E-state index in [9.17, 15) is 19.5 Å². The third-order valence-corrected chi connectivity index (χ3v) is 6.74. The number of ether oxygens (including phenoxy) is 2. The number of benzene rings is 1. The predicted octanol–water partition coefficient (Wildman–Crippen LogP) is 3.49.